The van der Waals surface area contributed by atoms with Gasteiger partial charge < -0.3 is 15.5 Å². The monoisotopic (exact) mass is 290 g/mol. The van der Waals surface area contributed by atoms with E-state index in [2.05, 4.69) is 10.6 Å². The number of nitrogens with zero attached hydrogens (tertiary/aromatic N) is 2. The highest BCUT2D eigenvalue weighted by Gasteiger charge is 2.27. The lowest BCUT2D eigenvalue weighted by Gasteiger charge is -2.14. The van der Waals surface area contributed by atoms with E-state index in [-0.39, 0.29) is 31.4 Å². The van der Waals surface area contributed by atoms with Gasteiger partial charge >= 0.3 is 6.03 Å². The Hall–Kier alpha value is -2.57. The maximum Gasteiger partial charge on any atom is 0.324 e. The lowest BCUT2D eigenvalue weighted by atomic mass is 10.2. The van der Waals surface area contributed by atoms with Crippen LogP contribution in [-0.2, 0) is 4.79 Å². The van der Waals surface area contributed by atoms with Crippen molar-refractivity contribution < 1.29 is 14.4 Å². The Morgan fingerprint density at radius 3 is 2.48 bits per heavy atom. The quantitative estimate of drug-likeness (QED) is 0.750. The number of carbonyl (C=O) groups is 3. The van der Waals surface area contributed by atoms with Crippen LogP contribution in [-0.4, -0.2) is 56.5 Å². The van der Waals surface area contributed by atoms with Gasteiger partial charge in [-0.15, -0.1) is 0 Å². The molecule has 112 valence electrons. The minimum absolute atomic E-state index is 0.0266. The second-order valence-electron chi connectivity index (χ2n) is 4.90. The highest BCUT2D eigenvalue weighted by atomic mass is 16.2. The number of nitrogens with one attached hydrogen (secondary N) is 2. The molecule has 0 aliphatic carbocycles. The fourth-order valence-electron chi connectivity index (χ4n) is 1.98. The number of urea groups is 1. The fraction of sp³-hybridized carbons (Fsp3) is 0.357. The Bertz CT molecular complexity index is 538. The molecule has 7 nitrogen and oxygen atoms in total. The van der Waals surface area contributed by atoms with Gasteiger partial charge in [-0.05, 0) is 24.3 Å². The summed E-state index contributed by atoms with van der Waals surface area (Å²) >= 11 is 0. The van der Waals surface area contributed by atoms with Crippen LogP contribution in [0.4, 0.5) is 10.5 Å². The van der Waals surface area contributed by atoms with Gasteiger partial charge in [-0.3, -0.25) is 14.5 Å². The Kier molecular flexibility index (Phi) is 4.42. The van der Waals surface area contributed by atoms with Gasteiger partial charge in [0.15, 0.2) is 0 Å². The third-order valence-electron chi connectivity index (χ3n) is 3.20. The molecule has 1 heterocycles. The van der Waals surface area contributed by atoms with Crippen molar-refractivity contribution in [3.63, 3.8) is 0 Å². The fourth-order valence-corrected chi connectivity index (χ4v) is 1.98. The third kappa shape index (κ3) is 3.50. The molecular formula is C14H18N4O3. The molecule has 1 fully saturated rings. The van der Waals surface area contributed by atoms with Gasteiger partial charge in [-0.25, -0.2) is 4.79 Å². The molecule has 0 radical (unpaired) electrons. The molecule has 1 aromatic carbocycles. The van der Waals surface area contributed by atoms with Crippen LogP contribution in [0.1, 0.15) is 10.4 Å². The number of rotatable bonds is 5. The summed E-state index contributed by atoms with van der Waals surface area (Å²) in [6.45, 7) is 0.429. The summed E-state index contributed by atoms with van der Waals surface area (Å²) in [6, 6.07) is 6.76. The summed E-state index contributed by atoms with van der Waals surface area (Å²) in [5.41, 5.74) is 1.55. The maximum absolute atomic E-state index is 11.9. The van der Waals surface area contributed by atoms with Crippen LogP contribution in [0.2, 0.25) is 0 Å². The van der Waals surface area contributed by atoms with Crippen molar-refractivity contribution in [2.24, 2.45) is 0 Å². The van der Waals surface area contributed by atoms with Crippen LogP contribution in [0.3, 0.4) is 0 Å². The zero-order valence-corrected chi connectivity index (χ0v) is 12.0. The molecule has 0 bridgehead atoms. The SMILES string of the molecule is CN(C)c1ccc(C(=O)NCCN2C(=O)CNC2=O)cc1. The maximum atomic E-state index is 11.9. The van der Waals surface area contributed by atoms with E-state index < -0.39 is 6.03 Å². The molecule has 2 N–H and O–H groups in total. The molecule has 0 spiro atoms. The number of benzene rings is 1. The van der Waals surface area contributed by atoms with Crippen molar-refractivity contribution in [1.82, 2.24) is 15.5 Å². The van der Waals surface area contributed by atoms with E-state index in [0.717, 1.165) is 10.6 Å². The topological polar surface area (TPSA) is 81.8 Å². The second kappa shape index (κ2) is 6.25. The lowest BCUT2D eigenvalue weighted by Crippen LogP contribution is -2.38. The smallest absolute Gasteiger partial charge is 0.324 e. The normalized spacial score (nSPS) is 14.1. The van der Waals surface area contributed by atoms with E-state index in [0.29, 0.717) is 5.56 Å². The van der Waals surface area contributed by atoms with Gasteiger partial charge in [0.2, 0.25) is 5.91 Å². The van der Waals surface area contributed by atoms with E-state index in [1.54, 1.807) is 12.1 Å². The number of anilines is 1. The summed E-state index contributed by atoms with van der Waals surface area (Å²) in [6.07, 6.45) is 0. The van der Waals surface area contributed by atoms with E-state index >= 15 is 0 Å². The molecule has 21 heavy (non-hydrogen) atoms. The molecule has 7 heteroatoms. The average molecular weight is 290 g/mol. The standard InChI is InChI=1S/C14H18N4O3/c1-17(2)11-5-3-10(4-6-11)13(20)15-7-8-18-12(19)9-16-14(18)21/h3-6H,7-9H2,1-2H3,(H,15,20)(H,16,21). The van der Waals surface area contributed by atoms with Gasteiger partial charge in [0.05, 0.1) is 6.54 Å². The van der Waals surface area contributed by atoms with Crippen molar-refractivity contribution in [2.75, 3.05) is 38.6 Å². The van der Waals surface area contributed by atoms with E-state index in [4.69, 9.17) is 0 Å². The first-order valence-electron chi connectivity index (χ1n) is 6.63. The zero-order valence-electron chi connectivity index (χ0n) is 12.0. The molecule has 1 aromatic rings. The second-order valence-corrected chi connectivity index (χ2v) is 4.90. The predicted octanol–water partition coefficient (Wildman–Crippen LogP) is 0.0342. The first kappa shape index (κ1) is 14.8. The molecule has 1 saturated heterocycles. The zero-order chi connectivity index (χ0) is 15.4. The highest BCUT2D eigenvalue weighted by Crippen LogP contribution is 2.12. The van der Waals surface area contributed by atoms with Crippen molar-refractivity contribution in [3.8, 4) is 0 Å². The minimum Gasteiger partial charge on any atom is -0.378 e. The number of hydrogen-bond donors (Lipinski definition) is 2. The molecule has 0 saturated carbocycles. The summed E-state index contributed by atoms with van der Waals surface area (Å²) < 4.78 is 0. The van der Waals surface area contributed by atoms with Crippen LogP contribution in [0.15, 0.2) is 24.3 Å². The van der Waals surface area contributed by atoms with Gasteiger partial charge in [0, 0.05) is 38.4 Å². The number of carbonyl (C=O) groups excluding carboxylic acids is 3. The van der Waals surface area contributed by atoms with Crippen LogP contribution < -0.4 is 15.5 Å². The van der Waals surface area contributed by atoms with Gasteiger partial charge in [-0.1, -0.05) is 0 Å². The van der Waals surface area contributed by atoms with Crippen molar-refractivity contribution in [3.05, 3.63) is 29.8 Å². The Balaban J connectivity index is 1.84. The third-order valence-corrected chi connectivity index (χ3v) is 3.20. The summed E-state index contributed by atoms with van der Waals surface area (Å²) in [4.78, 5) is 37.6. The molecule has 0 aromatic heterocycles. The van der Waals surface area contributed by atoms with E-state index in [1.807, 2.05) is 31.1 Å². The molecule has 1 aliphatic rings. The molecule has 0 atom stereocenters. The predicted molar refractivity (Wildman–Crippen MR) is 78.2 cm³/mol. The van der Waals surface area contributed by atoms with Crippen LogP contribution in [0, 0.1) is 0 Å². The Morgan fingerprint density at radius 1 is 1.29 bits per heavy atom. The highest BCUT2D eigenvalue weighted by molar-refractivity contribution is 6.02. The van der Waals surface area contributed by atoms with Crippen LogP contribution >= 0.6 is 0 Å². The molecule has 2 rings (SSSR count). The van der Waals surface area contributed by atoms with E-state index in [1.165, 1.54) is 0 Å². The first-order valence-corrected chi connectivity index (χ1v) is 6.63. The molecule has 4 amide bonds. The number of hydrogen-bond acceptors (Lipinski definition) is 4. The van der Waals surface area contributed by atoms with Gasteiger partial charge in [-0.2, -0.15) is 0 Å². The summed E-state index contributed by atoms with van der Waals surface area (Å²) in [5.74, 6) is -0.503. The Labute approximate surface area is 122 Å². The first-order chi connectivity index (χ1) is 9.99. The number of imide groups is 1. The largest absolute Gasteiger partial charge is 0.378 e. The van der Waals surface area contributed by atoms with E-state index in [9.17, 15) is 14.4 Å². The number of amides is 4. The van der Waals surface area contributed by atoms with Gasteiger partial charge in [0.1, 0.15) is 0 Å². The molecule has 1 aliphatic heterocycles. The van der Waals surface area contributed by atoms with Crippen LogP contribution in [0.25, 0.3) is 0 Å². The summed E-state index contributed by atoms with van der Waals surface area (Å²) in [7, 11) is 3.85. The van der Waals surface area contributed by atoms with Crippen LogP contribution in [0.5, 0.6) is 0 Å². The van der Waals surface area contributed by atoms with Crippen molar-refractivity contribution in [1.29, 1.82) is 0 Å². The molecule has 0 unspecified atom stereocenters. The van der Waals surface area contributed by atoms with Crippen molar-refractivity contribution >= 4 is 23.5 Å². The summed E-state index contributed by atoms with van der Waals surface area (Å²) in [5, 5.41) is 5.12. The lowest BCUT2D eigenvalue weighted by molar-refractivity contribution is -0.124. The van der Waals surface area contributed by atoms with Crippen molar-refractivity contribution in [2.45, 2.75) is 0 Å². The average Bonchev–Trinajstić information content (AvgIpc) is 2.79. The Morgan fingerprint density at radius 2 is 1.95 bits per heavy atom. The molecular weight excluding hydrogens is 272 g/mol. The van der Waals surface area contributed by atoms with Gasteiger partial charge in [0.25, 0.3) is 5.91 Å². The minimum atomic E-state index is -0.412.